The fourth-order valence-corrected chi connectivity index (χ4v) is 2.05. The average Bonchev–Trinajstić information content (AvgIpc) is 2.18. The number of hydrogen-bond donors (Lipinski definition) is 2. The maximum Gasteiger partial charge on any atom is 0.237 e. The van der Waals surface area contributed by atoms with Gasteiger partial charge in [0.2, 0.25) is 5.91 Å². The highest BCUT2D eigenvalue weighted by molar-refractivity contribution is 5.81. The van der Waals surface area contributed by atoms with Crippen molar-refractivity contribution >= 4 is 5.91 Å². The van der Waals surface area contributed by atoms with Crippen LogP contribution in [0.1, 0.15) is 33.6 Å². The third-order valence-electron chi connectivity index (χ3n) is 3.05. The first-order valence-corrected chi connectivity index (χ1v) is 5.66. The van der Waals surface area contributed by atoms with E-state index in [1.165, 1.54) is 6.42 Å². The zero-order valence-electron chi connectivity index (χ0n) is 9.47. The van der Waals surface area contributed by atoms with E-state index in [4.69, 9.17) is 0 Å². The Kier molecular flexibility index (Phi) is 4.39. The Bertz CT molecular complexity index is 192. The third-order valence-corrected chi connectivity index (χ3v) is 3.05. The first-order valence-electron chi connectivity index (χ1n) is 5.66. The summed E-state index contributed by atoms with van der Waals surface area (Å²) in [5.41, 5.74) is 0. The predicted octanol–water partition coefficient (Wildman–Crippen LogP) is 1.15. The van der Waals surface area contributed by atoms with Gasteiger partial charge in [0.15, 0.2) is 0 Å². The summed E-state index contributed by atoms with van der Waals surface area (Å²) in [7, 11) is 0. The molecular weight excluding hydrogens is 176 g/mol. The van der Waals surface area contributed by atoms with Gasteiger partial charge in [-0.1, -0.05) is 13.8 Å². The van der Waals surface area contributed by atoms with Crippen molar-refractivity contribution in [2.75, 3.05) is 13.1 Å². The molecule has 3 nitrogen and oxygen atoms in total. The smallest absolute Gasteiger partial charge is 0.237 e. The van der Waals surface area contributed by atoms with Gasteiger partial charge in [0.05, 0.1) is 6.04 Å². The molecule has 0 aromatic heterocycles. The molecule has 1 heterocycles. The van der Waals surface area contributed by atoms with E-state index in [-0.39, 0.29) is 11.9 Å². The maximum absolute atomic E-state index is 11.6. The molecule has 14 heavy (non-hydrogen) atoms. The van der Waals surface area contributed by atoms with Crippen LogP contribution >= 0.6 is 0 Å². The fraction of sp³-hybridized carbons (Fsp3) is 0.909. The molecule has 0 spiro atoms. The van der Waals surface area contributed by atoms with Crippen LogP contribution in [0.2, 0.25) is 0 Å². The third kappa shape index (κ3) is 2.98. The summed E-state index contributed by atoms with van der Waals surface area (Å²) in [5, 5.41) is 6.15. The molecule has 2 unspecified atom stereocenters. The number of carbonyl (C=O) groups is 1. The van der Waals surface area contributed by atoms with Crippen LogP contribution in [0.15, 0.2) is 0 Å². The first kappa shape index (κ1) is 11.5. The molecule has 0 bridgehead atoms. The van der Waals surface area contributed by atoms with E-state index in [2.05, 4.69) is 24.5 Å². The van der Waals surface area contributed by atoms with Crippen molar-refractivity contribution < 1.29 is 4.79 Å². The second kappa shape index (κ2) is 5.35. The Morgan fingerprint density at radius 1 is 1.57 bits per heavy atom. The topological polar surface area (TPSA) is 41.1 Å². The maximum atomic E-state index is 11.6. The fourth-order valence-electron chi connectivity index (χ4n) is 2.05. The van der Waals surface area contributed by atoms with E-state index < -0.39 is 0 Å². The van der Waals surface area contributed by atoms with Crippen LogP contribution in [-0.4, -0.2) is 25.0 Å². The van der Waals surface area contributed by atoms with Crippen molar-refractivity contribution in [1.82, 2.24) is 10.6 Å². The number of amides is 1. The molecule has 1 aliphatic rings. The molecule has 0 aromatic rings. The SMILES string of the molecule is CCNC(=O)C1CC(C(C)C)CCN1. The number of hydrogen-bond acceptors (Lipinski definition) is 2. The lowest BCUT2D eigenvalue weighted by Gasteiger charge is -2.31. The molecule has 0 radical (unpaired) electrons. The van der Waals surface area contributed by atoms with E-state index in [0.717, 1.165) is 19.5 Å². The van der Waals surface area contributed by atoms with Crippen molar-refractivity contribution in [3.8, 4) is 0 Å². The number of piperidine rings is 1. The van der Waals surface area contributed by atoms with Crippen LogP contribution in [0.25, 0.3) is 0 Å². The van der Waals surface area contributed by atoms with Crippen LogP contribution in [0.3, 0.4) is 0 Å². The first-order chi connectivity index (χ1) is 6.65. The molecule has 0 saturated carbocycles. The number of likely N-dealkylation sites (N-methyl/N-ethyl adjacent to an activating group) is 1. The van der Waals surface area contributed by atoms with Gasteiger partial charge in [-0.25, -0.2) is 0 Å². The Morgan fingerprint density at radius 2 is 2.29 bits per heavy atom. The summed E-state index contributed by atoms with van der Waals surface area (Å²) in [6.07, 6.45) is 2.19. The highest BCUT2D eigenvalue weighted by Gasteiger charge is 2.27. The van der Waals surface area contributed by atoms with E-state index in [9.17, 15) is 4.79 Å². The Labute approximate surface area is 86.6 Å². The van der Waals surface area contributed by atoms with Crippen molar-refractivity contribution in [2.24, 2.45) is 11.8 Å². The average molecular weight is 198 g/mol. The van der Waals surface area contributed by atoms with Gasteiger partial charge in [-0.2, -0.15) is 0 Å². The number of nitrogens with one attached hydrogen (secondary N) is 2. The van der Waals surface area contributed by atoms with Crippen LogP contribution in [-0.2, 0) is 4.79 Å². The highest BCUT2D eigenvalue weighted by Crippen LogP contribution is 2.23. The summed E-state index contributed by atoms with van der Waals surface area (Å²) in [6.45, 7) is 8.14. The molecule has 3 heteroatoms. The molecule has 2 atom stereocenters. The predicted molar refractivity (Wildman–Crippen MR) is 58.0 cm³/mol. The van der Waals surface area contributed by atoms with Crippen molar-refractivity contribution in [3.05, 3.63) is 0 Å². The van der Waals surface area contributed by atoms with Crippen molar-refractivity contribution in [3.63, 3.8) is 0 Å². The molecule has 2 N–H and O–H groups in total. The minimum absolute atomic E-state index is 0.0381. The van der Waals surface area contributed by atoms with E-state index in [0.29, 0.717) is 11.8 Å². The van der Waals surface area contributed by atoms with Gasteiger partial charge in [-0.15, -0.1) is 0 Å². The molecule has 82 valence electrons. The molecule has 1 rings (SSSR count). The van der Waals surface area contributed by atoms with Crippen molar-refractivity contribution in [1.29, 1.82) is 0 Å². The zero-order chi connectivity index (χ0) is 10.6. The van der Waals surface area contributed by atoms with Crippen LogP contribution < -0.4 is 10.6 Å². The van der Waals surface area contributed by atoms with Gasteiger partial charge in [-0.3, -0.25) is 4.79 Å². The lowest BCUT2D eigenvalue weighted by molar-refractivity contribution is -0.124. The Hall–Kier alpha value is -0.570. The zero-order valence-corrected chi connectivity index (χ0v) is 9.47. The van der Waals surface area contributed by atoms with E-state index in [1.54, 1.807) is 0 Å². The molecule has 1 aliphatic heterocycles. The van der Waals surface area contributed by atoms with Gasteiger partial charge >= 0.3 is 0 Å². The minimum Gasteiger partial charge on any atom is -0.355 e. The van der Waals surface area contributed by atoms with Crippen molar-refractivity contribution in [2.45, 2.75) is 39.7 Å². The summed E-state index contributed by atoms with van der Waals surface area (Å²) in [5.74, 6) is 1.55. The molecule has 1 fully saturated rings. The quantitative estimate of drug-likeness (QED) is 0.714. The Balaban J connectivity index is 2.43. The normalized spacial score (nSPS) is 27.7. The minimum atomic E-state index is 0.0381. The van der Waals surface area contributed by atoms with E-state index >= 15 is 0 Å². The summed E-state index contributed by atoms with van der Waals surface area (Å²) in [6, 6.07) is 0.0381. The molecule has 0 aliphatic carbocycles. The molecular formula is C11H22N2O. The standard InChI is InChI=1S/C11H22N2O/c1-4-12-11(14)10-7-9(8(2)3)5-6-13-10/h8-10,13H,4-7H2,1-3H3,(H,12,14). The summed E-state index contributed by atoms with van der Waals surface area (Å²) < 4.78 is 0. The van der Waals surface area contributed by atoms with Gasteiger partial charge in [0, 0.05) is 6.54 Å². The highest BCUT2D eigenvalue weighted by atomic mass is 16.2. The van der Waals surface area contributed by atoms with Crippen LogP contribution in [0, 0.1) is 11.8 Å². The van der Waals surface area contributed by atoms with Crippen LogP contribution in [0.5, 0.6) is 0 Å². The second-order valence-corrected chi connectivity index (χ2v) is 4.43. The van der Waals surface area contributed by atoms with Crippen LogP contribution in [0.4, 0.5) is 0 Å². The summed E-state index contributed by atoms with van der Waals surface area (Å²) >= 11 is 0. The molecule has 0 aromatic carbocycles. The van der Waals surface area contributed by atoms with E-state index in [1.807, 2.05) is 6.92 Å². The van der Waals surface area contributed by atoms with Gasteiger partial charge in [0.1, 0.15) is 0 Å². The van der Waals surface area contributed by atoms with Gasteiger partial charge < -0.3 is 10.6 Å². The van der Waals surface area contributed by atoms with Gasteiger partial charge in [-0.05, 0) is 38.1 Å². The second-order valence-electron chi connectivity index (χ2n) is 4.43. The lowest BCUT2D eigenvalue weighted by atomic mass is 9.84. The Morgan fingerprint density at radius 3 is 2.86 bits per heavy atom. The lowest BCUT2D eigenvalue weighted by Crippen LogP contribution is -2.49. The molecule has 1 amide bonds. The largest absolute Gasteiger partial charge is 0.355 e. The van der Waals surface area contributed by atoms with Gasteiger partial charge in [0.25, 0.3) is 0 Å². The monoisotopic (exact) mass is 198 g/mol. The number of rotatable bonds is 3. The molecule has 1 saturated heterocycles. The summed E-state index contributed by atoms with van der Waals surface area (Å²) in [4.78, 5) is 11.6. The number of carbonyl (C=O) groups excluding carboxylic acids is 1.